The summed E-state index contributed by atoms with van der Waals surface area (Å²) in [5.74, 6) is -0.220. The number of carbonyl (C=O) groups is 3. The number of nitrogens with zero attached hydrogens (tertiary/aromatic N) is 2. The van der Waals surface area contributed by atoms with E-state index in [1.54, 1.807) is 17.0 Å². The van der Waals surface area contributed by atoms with Crippen LogP contribution in [-0.2, 0) is 14.3 Å². The third-order valence-corrected chi connectivity index (χ3v) is 4.25. The second-order valence-electron chi connectivity index (χ2n) is 4.78. The summed E-state index contributed by atoms with van der Waals surface area (Å²) in [5, 5.41) is -0.440. The smallest absolute Gasteiger partial charge is 0.294 e. The van der Waals surface area contributed by atoms with Gasteiger partial charge in [-0.3, -0.25) is 19.3 Å². The van der Waals surface area contributed by atoms with Crippen LogP contribution in [0.2, 0.25) is 0 Å². The van der Waals surface area contributed by atoms with E-state index in [2.05, 4.69) is 0 Å². The van der Waals surface area contributed by atoms with Crippen LogP contribution in [0.1, 0.15) is 5.76 Å². The minimum absolute atomic E-state index is 0.236. The Morgan fingerprint density at radius 1 is 1.32 bits per heavy atom. The van der Waals surface area contributed by atoms with E-state index in [-0.39, 0.29) is 17.4 Å². The number of thioether (sulfide) groups is 1. The molecule has 0 aliphatic carbocycles. The molecule has 2 fully saturated rings. The lowest BCUT2D eigenvalue weighted by Gasteiger charge is -2.27. The van der Waals surface area contributed by atoms with Gasteiger partial charge in [-0.1, -0.05) is 0 Å². The summed E-state index contributed by atoms with van der Waals surface area (Å²) in [6.45, 7) is 1.69. The van der Waals surface area contributed by atoms with Crippen molar-refractivity contribution < 1.29 is 23.5 Å². The van der Waals surface area contributed by atoms with Crippen molar-refractivity contribution in [3.63, 3.8) is 0 Å². The summed E-state index contributed by atoms with van der Waals surface area (Å²) in [6.07, 6.45) is 2.99. The summed E-state index contributed by atoms with van der Waals surface area (Å²) in [5.41, 5.74) is 0. The van der Waals surface area contributed by atoms with Crippen LogP contribution in [0.4, 0.5) is 4.79 Å². The molecule has 7 nitrogen and oxygen atoms in total. The summed E-state index contributed by atoms with van der Waals surface area (Å²) in [4.78, 5) is 39.2. The van der Waals surface area contributed by atoms with Crippen LogP contribution < -0.4 is 0 Å². The molecule has 2 aliphatic rings. The highest BCUT2D eigenvalue weighted by Crippen LogP contribution is 2.32. The van der Waals surface area contributed by atoms with Crippen LogP contribution in [0.5, 0.6) is 0 Å². The fourth-order valence-electron chi connectivity index (χ4n) is 2.19. The first-order valence-electron chi connectivity index (χ1n) is 6.79. The lowest BCUT2D eigenvalue weighted by molar-refractivity contribution is -0.139. The van der Waals surface area contributed by atoms with E-state index in [9.17, 15) is 14.4 Å². The maximum absolute atomic E-state index is 12.2. The van der Waals surface area contributed by atoms with Gasteiger partial charge in [-0.2, -0.15) is 0 Å². The molecule has 2 saturated heterocycles. The SMILES string of the molecule is O=C(CN1C(=O)SC(=Cc2ccco2)C1=O)N1CCOCC1. The maximum Gasteiger partial charge on any atom is 0.294 e. The minimum Gasteiger partial charge on any atom is -0.465 e. The number of carbonyl (C=O) groups excluding carboxylic acids is 3. The molecule has 0 radical (unpaired) electrons. The molecule has 0 saturated carbocycles. The largest absolute Gasteiger partial charge is 0.465 e. The van der Waals surface area contributed by atoms with Gasteiger partial charge in [0.2, 0.25) is 5.91 Å². The number of imide groups is 1. The van der Waals surface area contributed by atoms with E-state index >= 15 is 0 Å². The van der Waals surface area contributed by atoms with Crippen molar-refractivity contribution in [2.75, 3.05) is 32.8 Å². The number of amides is 3. The lowest BCUT2D eigenvalue weighted by Crippen LogP contribution is -2.46. The third-order valence-electron chi connectivity index (χ3n) is 3.35. The number of hydrogen-bond acceptors (Lipinski definition) is 6. The van der Waals surface area contributed by atoms with Gasteiger partial charge in [0.15, 0.2) is 0 Å². The molecule has 0 spiro atoms. The fourth-order valence-corrected chi connectivity index (χ4v) is 3.01. The van der Waals surface area contributed by atoms with Crippen LogP contribution in [-0.4, -0.2) is 59.7 Å². The number of ether oxygens (including phenoxy) is 1. The van der Waals surface area contributed by atoms with Gasteiger partial charge in [-0.05, 0) is 23.9 Å². The van der Waals surface area contributed by atoms with E-state index in [4.69, 9.17) is 9.15 Å². The molecular formula is C14H14N2O5S. The van der Waals surface area contributed by atoms with Gasteiger partial charge in [0.25, 0.3) is 11.1 Å². The first-order valence-corrected chi connectivity index (χ1v) is 7.61. The molecule has 8 heteroatoms. The molecule has 0 unspecified atom stereocenters. The van der Waals surface area contributed by atoms with Crippen LogP contribution in [0.3, 0.4) is 0 Å². The Balaban J connectivity index is 1.68. The summed E-state index contributed by atoms with van der Waals surface area (Å²) < 4.78 is 10.3. The molecular weight excluding hydrogens is 308 g/mol. The van der Waals surface area contributed by atoms with Crippen molar-refractivity contribution in [3.05, 3.63) is 29.1 Å². The van der Waals surface area contributed by atoms with E-state index in [1.165, 1.54) is 12.3 Å². The number of morpholine rings is 1. The van der Waals surface area contributed by atoms with Crippen LogP contribution in [0, 0.1) is 0 Å². The standard InChI is InChI=1S/C14H14N2O5S/c17-12(15-3-6-20-7-4-15)9-16-13(18)11(22-14(16)19)8-10-2-1-5-21-10/h1-2,5,8H,3-4,6-7,9H2. The minimum atomic E-state index is -0.465. The Labute approximate surface area is 130 Å². The van der Waals surface area contributed by atoms with Gasteiger partial charge in [0.1, 0.15) is 12.3 Å². The zero-order valence-electron chi connectivity index (χ0n) is 11.7. The van der Waals surface area contributed by atoms with Crippen LogP contribution in [0.25, 0.3) is 6.08 Å². The number of furan rings is 1. The van der Waals surface area contributed by atoms with Gasteiger partial charge in [-0.15, -0.1) is 0 Å². The zero-order valence-corrected chi connectivity index (χ0v) is 12.5. The van der Waals surface area contributed by atoms with Crippen LogP contribution >= 0.6 is 11.8 Å². The predicted molar refractivity (Wildman–Crippen MR) is 78.8 cm³/mol. The monoisotopic (exact) mass is 322 g/mol. The highest BCUT2D eigenvalue weighted by atomic mass is 32.2. The average Bonchev–Trinajstić information content (AvgIpc) is 3.12. The first kappa shape index (κ1) is 14.9. The Hall–Kier alpha value is -2.06. The normalized spacial score (nSPS) is 21.0. The molecule has 22 heavy (non-hydrogen) atoms. The lowest BCUT2D eigenvalue weighted by atomic mass is 10.3. The van der Waals surface area contributed by atoms with E-state index < -0.39 is 11.1 Å². The van der Waals surface area contributed by atoms with Crippen molar-refractivity contribution >= 4 is 34.9 Å². The number of rotatable bonds is 3. The fraction of sp³-hybridized carbons (Fsp3) is 0.357. The molecule has 3 heterocycles. The summed E-state index contributed by atoms with van der Waals surface area (Å²) in [6, 6.07) is 3.38. The van der Waals surface area contributed by atoms with Gasteiger partial charge < -0.3 is 14.1 Å². The molecule has 3 rings (SSSR count). The molecule has 0 atom stereocenters. The highest BCUT2D eigenvalue weighted by molar-refractivity contribution is 8.18. The van der Waals surface area contributed by atoms with Gasteiger partial charge in [0, 0.05) is 19.2 Å². The Bertz CT molecular complexity index is 619. The molecule has 116 valence electrons. The van der Waals surface area contributed by atoms with E-state index in [0.29, 0.717) is 32.1 Å². The second-order valence-corrected chi connectivity index (χ2v) is 5.77. The van der Waals surface area contributed by atoms with Crippen molar-refractivity contribution in [1.29, 1.82) is 0 Å². The van der Waals surface area contributed by atoms with Crippen molar-refractivity contribution in [2.45, 2.75) is 0 Å². The quantitative estimate of drug-likeness (QED) is 0.777. The zero-order chi connectivity index (χ0) is 15.5. The molecule has 2 aliphatic heterocycles. The summed E-state index contributed by atoms with van der Waals surface area (Å²) in [7, 11) is 0. The molecule has 3 amide bonds. The third kappa shape index (κ3) is 3.07. The molecule has 0 N–H and O–H groups in total. The van der Waals surface area contributed by atoms with Crippen molar-refractivity contribution in [3.8, 4) is 0 Å². The molecule has 1 aromatic rings. The Morgan fingerprint density at radius 3 is 2.77 bits per heavy atom. The highest BCUT2D eigenvalue weighted by Gasteiger charge is 2.37. The molecule has 1 aromatic heterocycles. The summed E-state index contributed by atoms with van der Waals surface area (Å²) >= 11 is 0.812. The van der Waals surface area contributed by atoms with Crippen molar-refractivity contribution in [1.82, 2.24) is 9.80 Å². The van der Waals surface area contributed by atoms with Gasteiger partial charge in [-0.25, -0.2) is 0 Å². The number of hydrogen-bond donors (Lipinski definition) is 0. The maximum atomic E-state index is 12.2. The van der Waals surface area contributed by atoms with Crippen molar-refractivity contribution in [2.24, 2.45) is 0 Å². The van der Waals surface area contributed by atoms with E-state index in [0.717, 1.165) is 16.7 Å². The molecule has 0 aromatic carbocycles. The Morgan fingerprint density at radius 2 is 2.09 bits per heavy atom. The first-order chi connectivity index (χ1) is 10.6. The van der Waals surface area contributed by atoms with Crippen LogP contribution in [0.15, 0.2) is 27.7 Å². The average molecular weight is 322 g/mol. The molecule has 0 bridgehead atoms. The van der Waals surface area contributed by atoms with Gasteiger partial charge in [0.05, 0.1) is 24.4 Å². The second kappa shape index (κ2) is 6.37. The Kier molecular flexibility index (Phi) is 4.30. The topological polar surface area (TPSA) is 80.1 Å². The van der Waals surface area contributed by atoms with E-state index in [1.807, 2.05) is 0 Å². The predicted octanol–water partition coefficient (Wildman–Crippen LogP) is 1.17. The van der Waals surface area contributed by atoms with Gasteiger partial charge >= 0.3 is 0 Å².